The highest BCUT2D eigenvalue weighted by atomic mass is 32.2. The van der Waals surface area contributed by atoms with Gasteiger partial charge in [-0.3, -0.25) is 14.2 Å². The zero-order chi connectivity index (χ0) is 34.1. The molecule has 0 aromatic carbocycles. The maximum absolute atomic E-state index is 13.0. The van der Waals surface area contributed by atoms with Gasteiger partial charge in [0.1, 0.15) is 30.7 Å². The molecular weight excluding hydrogens is 679 g/mol. The summed E-state index contributed by atoms with van der Waals surface area (Å²) in [6.07, 6.45) is 3.15. The van der Waals surface area contributed by atoms with E-state index in [9.17, 15) is 24.3 Å². The molecule has 5 fully saturated rings. The van der Waals surface area contributed by atoms with Crippen LogP contribution < -0.4 is 27.0 Å². The Balaban J connectivity index is 0.906. The fraction of sp³-hybridized carbons (Fsp3) is 0.700. The van der Waals surface area contributed by atoms with E-state index in [4.69, 9.17) is 19.9 Å². The first kappa shape index (κ1) is 33.9. The van der Waals surface area contributed by atoms with Crippen molar-refractivity contribution in [2.24, 2.45) is 0 Å². The topological polar surface area (TPSA) is 234 Å². The molecule has 5 aliphatic heterocycles. The molecule has 2 aromatic rings. The van der Waals surface area contributed by atoms with Crippen LogP contribution >= 0.6 is 23.5 Å². The Kier molecular flexibility index (Phi) is 10.2. The number of hydrogen-bond donors (Lipinski definition) is 6. The molecule has 0 radical (unpaired) electrons. The molecule has 0 spiro atoms. The van der Waals surface area contributed by atoms with Gasteiger partial charge in [0.05, 0.1) is 30.5 Å². The number of thioether (sulfide) groups is 2. The zero-order valence-corrected chi connectivity index (χ0v) is 28.3. The van der Waals surface area contributed by atoms with E-state index in [-0.39, 0.29) is 66.7 Å². The lowest BCUT2D eigenvalue weighted by Gasteiger charge is -2.22. The van der Waals surface area contributed by atoms with Crippen molar-refractivity contribution in [1.29, 1.82) is 0 Å². The highest BCUT2D eigenvalue weighted by Gasteiger charge is 2.49. The summed E-state index contributed by atoms with van der Waals surface area (Å²) in [5.41, 5.74) is 6.64. The van der Waals surface area contributed by atoms with Crippen LogP contribution in [0.4, 0.5) is 15.4 Å². The number of nitrogens with one attached hydrogen (secondary N) is 4. The molecule has 7 heterocycles. The van der Waals surface area contributed by atoms with Crippen molar-refractivity contribution < 1.29 is 38.5 Å². The van der Waals surface area contributed by atoms with Crippen molar-refractivity contribution in [1.82, 2.24) is 40.8 Å². The minimum Gasteiger partial charge on any atom is -0.463 e. The molecule has 5 aliphatic rings. The average Bonchev–Trinajstić information content (AvgIpc) is 3.92. The first-order valence-electron chi connectivity index (χ1n) is 16.7. The number of rotatable bonds is 14. The normalized spacial score (nSPS) is 33.1. The molecular formula is C30H41N9O8S2. The number of fused-ring (bicyclic) bond motifs is 3. The van der Waals surface area contributed by atoms with Gasteiger partial charge in [0.25, 0.3) is 0 Å². The summed E-state index contributed by atoms with van der Waals surface area (Å²) in [6, 6.07) is 0.276. The number of aromatic nitrogens is 4. The lowest BCUT2D eigenvalue weighted by Crippen LogP contribution is -2.37. The van der Waals surface area contributed by atoms with Gasteiger partial charge in [-0.05, 0) is 25.7 Å². The molecule has 2 aromatic heterocycles. The Morgan fingerprint density at radius 1 is 0.918 bits per heavy atom. The van der Waals surface area contributed by atoms with Crippen molar-refractivity contribution in [3.05, 3.63) is 12.7 Å². The maximum atomic E-state index is 13.0. The van der Waals surface area contributed by atoms with Crippen LogP contribution in [0.3, 0.4) is 0 Å². The number of ether oxygens (including phenoxy) is 3. The monoisotopic (exact) mass is 719 g/mol. The van der Waals surface area contributed by atoms with Crippen molar-refractivity contribution in [3.63, 3.8) is 0 Å². The maximum Gasteiger partial charge on any atom is 0.315 e. The molecule has 266 valence electrons. The Hall–Kier alpha value is -3.55. The number of hydrogen-bond acceptors (Lipinski definition) is 14. The second-order valence-electron chi connectivity index (χ2n) is 13.0. The van der Waals surface area contributed by atoms with Gasteiger partial charge in [0, 0.05) is 34.8 Å². The van der Waals surface area contributed by atoms with E-state index in [1.54, 1.807) is 0 Å². The molecule has 4 amide bonds. The van der Waals surface area contributed by atoms with E-state index in [2.05, 4.69) is 36.2 Å². The predicted octanol–water partition coefficient (Wildman–Crippen LogP) is 0.573. The van der Waals surface area contributed by atoms with Gasteiger partial charge in [0.2, 0.25) is 0 Å². The Labute approximate surface area is 290 Å². The summed E-state index contributed by atoms with van der Waals surface area (Å²) >= 11 is 3.65. The summed E-state index contributed by atoms with van der Waals surface area (Å²) in [6.45, 7) is -0.235. The Morgan fingerprint density at radius 2 is 1.55 bits per heavy atom. The number of aliphatic hydroxyl groups is 1. The van der Waals surface area contributed by atoms with E-state index in [0.29, 0.717) is 29.3 Å². The number of anilines is 1. The summed E-state index contributed by atoms with van der Waals surface area (Å²) in [4.78, 5) is 61.5. The van der Waals surface area contributed by atoms with Crippen molar-refractivity contribution in [2.75, 3.05) is 23.8 Å². The van der Waals surface area contributed by atoms with Crippen LogP contribution in [-0.4, -0.2) is 120 Å². The highest BCUT2D eigenvalue weighted by molar-refractivity contribution is 8.00. The van der Waals surface area contributed by atoms with Gasteiger partial charge in [-0.2, -0.15) is 23.5 Å². The van der Waals surface area contributed by atoms with E-state index in [1.165, 1.54) is 17.2 Å². The van der Waals surface area contributed by atoms with Gasteiger partial charge in [-0.15, -0.1) is 0 Å². The molecule has 0 aliphatic carbocycles. The van der Waals surface area contributed by atoms with Gasteiger partial charge in [-0.25, -0.2) is 24.5 Å². The largest absolute Gasteiger partial charge is 0.463 e. The van der Waals surface area contributed by atoms with Crippen molar-refractivity contribution in [3.8, 4) is 0 Å². The molecule has 0 bridgehead atoms. The third-order valence-electron chi connectivity index (χ3n) is 9.77. The van der Waals surface area contributed by atoms with Gasteiger partial charge in [0.15, 0.2) is 23.8 Å². The van der Waals surface area contributed by atoms with E-state index in [1.807, 2.05) is 23.5 Å². The van der Waals surface area contributed by atoms with Gasteiger partial charge in [-0.1, -0.05) is 12.8 Å². The Bertz CT molecular complexity index is 1570. The zero-order valence-electron chi connectivity index (χ0n) is 26.7. The molecule has 2 unspecified atom stereocenters. The third kappa shape index (κ3) is 7.34. The summed E-state index contributed by atoms with van der Waals surface area (Å²) in [5, 5.41) is 23.7. The molecule has 7 N–H and O–H groups in total. The van der Waals surface area contributed by atoms with Gasteiger partial charge >= 0.3 is 24.0 Å². The molecule has 5 saturated heterocycles. The molecule has 10 atom stereocenters. The number of carbonyl (C=O) groups excluding carboxylic acids is 4. The summed E-state index contributed by atoms with van der Waals surface area (Å²) in [7, 11) is 0. The first-order chi connectivity index (χ1) is 23.7. The number of imidazole rings is 1. The third-order valence-corrected chi connectivity index (χ3v) is 12.8. The molecule has 19 heteroatoms. The SMILES string of the molecule is Nc1ncnc2c1ncn2[C@@H]1O[C@H](COC(=O)CCCC[C@@H]2SC[C@@H]3NC(=O)N[C@@H]32)C(O)C1OC(=O)CCCC[C@@H]1SC[C@@H]2NC(=O)N[C@@H]21. The fourth-order valence-corrected chi connectivity index (χ4v) is 10.3. The van der Waals surface area contributed by atoms with Crippen LogP contribution in [0.25, 0.3) is 11.2 Å². The number of aliphatic hydroxyl groups excluding tert-OH is 1. The molecule has 49 heavy (non-hydrogen) atoms. The number of nitrogen functional groups attached to an aromatic ring is 1. The van der Waals surface area contributed by atoms with Crippen LogP contribution in [0.1, 0.15) is 57.6 Å². The second-order valence-corrected chi connectivity index (χ2v) is 15.6. The minimum atomic E-state index is -1.30. The average molecular weight is 720 g/mol. The molecule has 0 saturated carbocycles. The molecule has 7 rings (SSSR count). The number of esters is 2. The van der Waals surface area contributed by atoms with E-state index < -0.39 is 36.5 Å². The van der Waals surface area contributed by atoms with Crippen LogP contribution in [0.5, 0.6) is 0 Å². The van der Waals surface area contributed by atoms with Crippen LogP contribution in [0.2, 0.25) is 0 Å². The number of urea groups is 2. The van der Waals surface area contributed by atoms with Crippen molar-refractivity contribution in [2.45, 2.75) is 111 Å². The standard InChI is InChI=1S/C30H41N9O8S2/c31-26-23-27(33-12-32-26)39(13-34-23)28-25(47-20(41)8-4-2-6-18-22-15(11-49-18)36-30(44)38-22)24(42)16(46-28)9-45-19(40)7-3-1-5-17-21-14(10-48-17)35-29(43)37-21/h12-18,21-22,24-25,28,42H,1-11H2,(H2,31,32,33)(H2,35,37,43)(H2,36,38,44)/t14-,15-,16+,17-,18-,21-,22-,24?,25?,28+/m0/s1. The number of amides is 4. The summed E-state index contributed by atoms with van der Waals surface area (Å²) in [5.74, 6) is 0.993. The van der Waals surface area contributed by atoms with Crippen LogP contribution in [0.15, 0.2) is 12.7 Å². The lowest BCUT2D eigenvalue weighted by molar-refractivity contribution is -0.158. The predicted molar refractivity (Wildman–Crippen MR) is 178 cm³/mol. The van der Waals surface area contributed by atoms with Gasteiger partial charge < -0.3 is 46.3 Å². The van der Waals surface area contributed by atoms with E-state index >= 15 is 0 Å². The quantitative estimate of drug-likeness (QED) is 0.0891. The molecule has 17 nitrogen and oxygen atoms in total. The van der Waals surface area contributed by atoms with E-state index in [0.717, 1.165) is 37.2 Å². The minimum absolute atomic E-state index is 0.101. The number of unbranched alkanes of at least 4 members (excludes halogenated alkanes) is 2. The first-order valence-corrected chi connectivity index (χ1v) is 18.8. The fourth-order valence-electron chi connectivity index (χ4n) is 7.24. The highest BCUT2D eigenvalue weighted by Crippen LogP contribution is 2.36. The Morgan fingerprint density at radius 3 is 2.20 bits per heavy atom. The number of nitrogens with zero attached hydrogens (tertiary/aromatic N) is 4. The smallest absolute Gasteiger partial charge is 0.315 e. The van der Waals surface area contributed by atoms with Crippen LogP contribution in [0, 0.1) is 0 Å². The lowest BCUT2D eigenvalue weighted by atomic mass is 10.0. The number of carbonyl (C=O) groups is 4. The number of nitrogens with two attached hydrogens (primary N) is 1. The van der Waals surface area contributed by atoms with Crippen LogP contribution in [-0.2, 0) is 23.8 Å². The summed E-state index contributed by atoms with van der Waals surface area (Å²) < 4.78 is 19.0. The second kappa shape index (κ2) is 14.7. The van der Waals surface area contributed by atoms with Crippen molar-refractivity contribution >= 4 is 64.5 Å².